The monoisotopic (exact) mass is 231 g/mol. The molecule has 0 bridgehead atoms. The lowest BCUT2D eigenvalue weighted by Crippen LogP contribution is -2.12. The van der Waals surface area contributed by atoms with E-state index in [1.54, 1.807) is 0 Å². The number of benzene rings is 1. The molecule has 3 rings (SSSR count). The van der Waals surface area contributed by atoms with Gasteiger partial charge in [-0.1, -0.05) is 24.3 Å². The minimum absolute atomic E-state index is 0.340. The van der Waals surface area contributed by atoms with Gasteiger partial charge in [-0.2, -0.15) is 4.41 Å². The molecule has 2 aromatic rings. The van der Waals surface area contributed by atoms with E-state index in [1.165, 1.54) is 10.8 Å². The van der Waals surface area contributed by atoms with E-state index in [4.69, 9.17) is 4.74 Å². The van der Waals surface area contributed by atoms with Crippen molar-refractivity contribution in [2.24, 2.45) is 5.10 Å². The zero-order valence-electron chi connectivity index (χ0n) is 8.32. The van der Waals surface area contributed by atoms with Gasteiger partial charge >= 0.3 is 0 Å². The Labute approximate surface area is 98.1 Å². The Balaban J connectivity index is 2.05. The number of fused-ring (bicyclic) bond motifs is 1. The average Bonchev–Trinajstić information content (AvgIpc) is 2.75. The fraction of sp³-hybridized carbons (Fsp3) is 0.0909. The van der Waals surface area contributed by atoms with Crippen LogP contribution in [0.25, 0.3) is 10.9 Å². The van der Waals surface area contributed by atoms with Gasteiger partial charge in [0.05, 0.1) is 5.52 Å². The Kier molecular flexibility index (Phi) is 2.18. The second-order valence-electron chi connectivity index (χ2n) is 3.46. The van der Waals surface area contributed by atoms with Gasteiger partial charge in [-0.25, -0.2) is 4.98 Å². The van der Waals surface area contributed by atoms with Crippen LogP contribution in [0.2, 0.25) is 0 Å². The smallest absolute Gasteiger partial charge is 0.241 e. The van der Waals surface area contributed by atoms with Crippen LogP contribution in [0.4, 0.5) is 0 Å². The quantitative estimate of drug-likeness (QED) is 0.765. The van der Waals surface area contributed by atoms with E-state index in [9.17, 15) is 0 Å². The molecule has 5 heteroatoms. The molecule has 80 valence electrons. The first-order chi connectivity index (χ1) is 7.84. The summed E-state index contributed by atoms with van der Waals surface area (Å²) in [5, 5.41) is 4.99. The first-order valence-corrected chi connectivity index (χ1v) is 5.26. The molecule has 0 amide bonds. The van der Waals surface area contributed by atoms with Crippen molar-refractivity contribution >= 4 is 30.1 Å². The summed E-state index contributed by atoms with van der Waals surface area (Å²) in [6.07, 6.45) is 1.03. The minimum atomic E-state index is -0.340. The fourth-order valence-electron chi connectivity index (χ4n) is 1.66. The molecule has 1 aliphatic heterocycles. The van der Waals surface area contributed by atoms with Crippen LogP contribution in [0.15, 0.2) is 41.5 Å². The van der Waals surface area contributed by atoms with Gasteiger partial charge in [0.1, 0.15) is 5.69 Å². The molecule has 0 aliphatic carbocycles. The first-order valence-electron chi connectivity index (χ1n) is 4.86. The van der Waals surface area contributed by atoms with Crippen molar-refractivity contribution in [2.75, 3.05) is 0 Å². The van der Waals surface area contributed by atoms with Gasteiger partial charge in [0.25, 0.3) is 0 Å². The van der Waals surface area contributed by atoms with Crippen LogP contribution < -0.4 is 0 Å². The maximum absolute atomic E-state index is 5.30. The Morgan fingerprint density at radius 3 is 2.88 bits per heavy atom. The van der Waals surface area contributed by atoms with Crippen LogP contribution in [0.3, 0.4) is 0 Å². The molecule has 1 atom stereocenters. The number of hydrogen-bond donors (Lipinski definition) is 1. The summed E-state index contributed by atoms with van der Waals surface area (Å²) in [7, 11) is 0. The third kappa shape index (κ3) is 1.49. The number of hydrogen-bond acceptors (Lipinski definition) is 5. The maximum Gasteiger partial charge on any atom is 0.241 e. The number of hydrazone groups is 1. The summed E-state index contributed by atoms with van der Waals surface area (Å²) in [4.78, 5) is 4.51. The largest absolute Gasteiger partial charge is 0.450 e. The number of ether oxygens (including phenoxy) is 1. The van der Waals surface area contributed by atoms with E-state index in [2.05, 4.69) is 22.9 Å². The molecule has 0 fully saturated rings. The van der Waals surface area contributed by atoms with Gasteiger partial charge < -0.3 is 4.74 Å². The Bertz CT molecular complexity index is 558. The second-order valence-corrected chi connectivity index (χ2v) is 3.87. The molecule has 0 saturated heterocycles. The van der Waals surface area contributed by atoms with E-state index in [1.807, 2.05) is 36.4 Å². The second kappa shape index (κ2) is 3.68. The van der Waals surface area contributed by atoms with Crippen LogP contribution in [-0.4, -0.2) is 15.8 Å². The minimum Gasteiger partial charge on any atom is -0.450 e. The third-order valence-corrected chi connectivity index (χ3v) is 2.75. The maximum atomic E-state index is 5.30. The molecule has 0 spiro atoms. The highest BCUT2D eigenvalue weighted by Gasteiger charge is 2.23. The predicted molar refractivity (Wildman–Crippen MR) is 64.9 cm³/mol. The average molecular weight is 231 g/mol. The van der Waals surface area contributed by atoms with Crippen molar-refractivity contribution in [2.45, 2.75) is 6.23 Å². The highest BCUT2D eigenvalue weighted by atomic mass is 32.1. The number of rotatable bonds is 1. The van der Waals surface area contributed by atoms with Crippen molar-refractivity contribution in [3.63, 3.8) is 0 Å². The molecule has 1 aromatic carbocycles. The number of para-hydroxylation sites is 1. The van der Waals surface area contributed by atoms with Crippen LogP contribution in [0.5, 0.6) is 0 Å². The van der Waals surface area contributed by atoms with Crippen LogP contribution >= 0.6 is 12.8 Å². The van der Waals surface area contributed by atoms with Gasteiger partial charge in [-0.3, -0.25) is 0 Å². The number of thiol groups is 1. The molecule has 1 unspecified atom stereocenters. The highest BCUT2D eigenvalue weighted by Crippen LogP contribution is 2.26. The number of nitrogens with zero attached hydrogens (tertiary/aromatic N) is 3. The van der Waals surface area contributed by atoms with E-state index < -0.39 is 0 Å². The summed E-state index contributed by atoms with van der Waals surface area (Å²) in [6.45, 7) is 0. The molecule has 2 heterocycles. The van der Waals surface area contributed by atoms with Crippen molar-refractivity contribution in [3.8, 4) is 0 Å². The third-order valence-electron chi connectivity index (χ3n) is 2.44. The molecule has 1 aliphatic rings. The van der Waals surface area contributed by atoms with Gasteiger partial charge in [0.2, 0.25) is 6.23 Å². The highest BCUT2D eigenvalue weighted by molar-refractivity contribution is 7.77. The molecule has 4 nitrogen and oxygen atoms in total. The molecule has 1 aromatic heterocycles. The summed E-state index contributed by atoms with van der Waals surface area (Å²) in [5.74, 6) is 0. The van der Waals surface area contributed by atoms with Crippen LogP contribution in [0, 0.1) is 0 Å². The SMILES string of the molecule is SN1N=COC1c1ccc2ccccc2n1. The summed E-state index contributed by atoms with van der Waals surface area (Å²) in [5.41, 5.74) is 1.74. The number of pyridine rings is 1. The zero-order valence-corrected chi connectivity index (χ0v) is 9.21. The lowest BCUT2D eigenvalue weighted by atomic mass is 10.2. The standard InChI is InChI=1S/C11H9N3OS/c16-14-11(15-7-12-14)10-6-5-8-3-1-2-4-9(8)13-10/h1-7,11,16H. The topological polar surface area (TPSA) is 37.7 Å². The summed E-state index contributed by atoms with van der Waals surface area (Å²) >= 11 is 4.16. The Morgan fingerprint density at radius 2 is 2.06 bits per heavy atom. The normalized spacial score (nSPS) is 19.1. The molecule has 0 radical (unpaired) electrons. The molecule has 0 N–H and O–H groups in total. The van der Waals surface area contributed by atoms with Gasteiger partial charge in [-0.05, 0) is 24.9 Å². The molecule has 0 saturated carbocycles. The van der Waals surface area contributed by atoms with Crippen molar-refractivity contribution < 1.29 is 4.74 Å². The van der Waals surface area contributed by atoms with Gasteiger partial charge in [-0.15, -0.1) is 5.10 Å². The Morgan fingerprint density at radius 1 is 1.19 bits per heavy atom. The molecular formula is C11H9N3OS. The van der Waals surface area contributed by atoms with E-state index in [0.717, 1.165) is 16.6 Å². The van der Waals surface area contributed by atoms with Crippen molar-refractivity contribution in [1.82, 2.24) is 9.40 Å². The van der Waals surface area contributed by atoms with E-state index in [0.29, 0.717) is 0 Å². The van der Waals surface area contributed by atoms with Crippen molar-refractivity contribution in [1.29, 1.82) is 0 Å². The van der Waals surface area contributed by atoms with Crippen LogP contribution in [0.1, 0.15) is 11.9 Å². The Hall–Kier alpha value is -1.75. The molecule has 16 heavy (non-hydrogen) atoms. The lowest BCUT2D eigenvalue weighted by molar-refractivity contribution is 0.131. The predicted octanol–water partition coefficient (Wildman–Crippen LogP) is 2.35. The number of aromatic nitrogens is 1. The summed E-state index contributed by atoms with van der Waals surface area (Å²) in [6, 6.07) is 11.9. The van der Waals surface area contributed by atoms with Gasteiger partial charge in [0.15, 0.2) is 6.40 Å². The summed E-state index contributed by atoms with van der Waals surface area (Å²) < 4.78 is 6.74. The zero-order chi connectivity index (χ0) is 11.0. The lowest BCUT2D eigenvalue weighted by Gasteiger charge is -2.15. The fourth-order valence-corrected chi connectivity index (χ4v) is 1.87. The first kappa shape index (κ1) is 9.47. The van der Waals surface area contributed by atoms with Gasteiger partial charge in [0, 0.05) is 5.39 Å². The van der Waals surface area contributed by atoms with Crippen LogP contribution in [-0.2, 0) is 4.74 Å². The van der Waals surface area contributed by atoms with E-state index >= 15 is 0 Å². The van der Waals surface area contributed by atoms with E-state index in [-0.39, 0.29) is 6.23 Å². The molecular weight excluding hydrogens is 222 g/mol. The van der Waals surface area contributed by atoms with Crippen molar-refractivity contribution in [3.05, 3.63) is 42.1 Å².